The van der Waals surface area contributed by atoms with Crippen LogP contribution < -0.4 is 0 Å². The zero-order chi connectivity index (χ0) is 21.5. The molecule has 0 aliphatic carbocycles. The Kier molecular flexibility index (Phi) is 5.10. The summed E-state index contributed by atoms with van der Waals surface area (Å²) in [7, 11) is 0. The molecule has 1 aromatic heterocycles. The predicted molar refractivity (Wildman–Crippen MR) is 90.1 cm³/mol. The van der Waals surface area contributed by atoms with Crippen LogP contribution in [0.1, 0.15) is 11.4 Å². The van der Waals surface area contributed by atoms with Crippen molar-refractivity contribution in [1.29, 1.82) is 0 Å². The largest absolute Gasteiger partial charge is 0.269 e. The Hall–Kier alpha value is -3.70. The van der Waals surface area contributed by atoms with Crippen LogP contribution in [0.3, 0.4) is 0 Å². The zero-order valence-corrected chi connectivity index (χ0v) is 14.8. The molecule has 0 amide bonds. The molecule has 0 aliphatic heterocycles. The zero-order valence-electron chi connectivity index (χ0n) is 14.8. The highest BCUT2D eigenvalue weighted by Crippen LogP contribution is 2.32. The molecule has 0 saturated carbocycles. The minimum Gasteiger partial charge on any atom is -0.258 e. The molecule has 2 aromatic carbocycles. The summed E-state index contributed by atoms with van der Waals surface area (Å²) in [5.41, 5.74) is -1.05. The number of benzene rings is 2. The van der Waals surface area contributed by atoms with Gasteiger partial charge in [0, 0.05) is 12.1 Å². The molecule has 0 unspecified atom stereocenters. The number of aromatic nitrogens is 2. The summed E-state index contributed by atoms with van der Waals surface area (Å²) in [5, 5.41) is 22.2. The van der Waals surface area contributed by atoms with Crippen molar-refractivity contribution in [3.63, 3.8) is 0 Å². The van der Waals surface area contributed by atoms with Crippen LogP contribution in [-0.2, 0) is 0 Å². The van der Waals surface area contributed by atoms with Crippen LogP contribution in [0, 0.1) is 53.0 Å². The van der Waals surface area contributed by atoms with E-state index in [-0.39, 0.29) is 28.5 Å². The minimum absolute atomic E-state index is 0.0311. The molecular formula is C17H10F5N5O2. The molecule has 12 heteroatoms. The molecule has 0 bridgehead atoms. The number of non-ortho nitro benzene ring substituents is 1. The number of nitrogens with zero attached hydrogens (tertiary/aromatic N) is 5. The van der Waals surface area contributed by atoms with Gasteiger partial charge in [-0.25, -0.2) is 26.6 Å². The van der Waals surface area contributed by atoms with Crippen molar-refractivity contribution < 1.29 is 26.9 Å². The lowest BCUT2D eigenvalue weighted by Crippen LogP contribution is -2.11. The standard InChI is InChI=1S/C17H10F5N5O2/c1-7-16(24-23-9-3-5-10(6-4-9)27(28)29)8(2)26(25-7)17-14(21)12(19)11(18)13(20)15(17)22/h3-6H,1-2H3. The van der Waals surface area contributed by atoms with Crippen molar-refractivity contribution in [1.82, 2.24) is 9.78 Å². The number of hydrogen-bond acceptors (Lipinski definition) is 5. The minimum atomic E-state index is -2.27. The van der Waals surface area contributed by atoms with Crippen LogP contribution in [0.25, 0.3) is 5.69 Å². The van der Waals surface area contributed by atoms with Gasteiger partial charge >= 0.3 is 0 Å². The van der Waals surface area contributed by atoms with Crippen molar-refractivity contribution in [2.75, 3.05) is 0 Å². The lowest BCUT2D eigenvalue weighted by Gasteiger charge is -2.09. The highest BCUT2D eigenvalue weighted by Gasteiger charge is 2.29. The van der Waals surface area contributed by atoms with Gasteiger partial charge in [-0.1, -0.05) is 0 Å². The van der Waals surface area contributed by atoms with E-state index in [1.54, 1.807) is 0 Å². The maximum Gasteiger partial charge on any atom is 0.269 e. The summed E-state index contributed by atoms with van der Waals surface area (Å²) in [6, 6.07) is 5.04. The van der Waals surface area contributed by atoms with E-state index in [4.69, 9.17) is 0 Å². The fourth-order valence-electron chi connectivity index (χ4n) is 2.52. The van der Waals surface area contributed by atoms with Gasteiger partial charge in [0.25, 0.3) is 5.69 Å². The number of hydrogen-bond donors (Lipinski definition) is 0. The quantitative estimate of drug-likeness (QED) is 0.142. The van der Waals surface area contributed by atoms with Gasteiger partial charge in [-0.2, -0.15) is 10.2 Å². The summed E-state index contributed by atoms with van der Waals surface area (Å²) in [6.07, 6.45) is 0. The van der Waals surface area contributed by atoms with E-state index in [0.717, 1.165) is 0 Å². The van der Waals surface area contributed by atoms with Gasteiger partial charge < -0.3 is 0 Å². The molecule has 150 valence electrons. The van der Waals surface area contributed by atoms with Crippen molar-refractivity contribution in [2.45, 2.75) is 13.8 Å². The number of nitro groups is 1. The smallest absolute Gasteiger partial charge is 0.258 e. The second-order valence-electron chi connectivity index (χ2n) is 5.82. The third kappa shape index (κ3) is 3.44. The molecule has 1 heterocycles. The van der Waals surface area contributed by atoms with Crippen molar-refractivity contribution in [3.05, 3.63) is 74.9 Å². The van der Waals surface area contributed by atoms with E-state index in [0.29, 0.717) is 4.68 Å². The number of rotatable bonds is 4. The highest BCUT2D eigenvalue weighted by molar-refractivity contribution is 5.52. The van der Waals surface area contributed by atoms with E-state index in [1.165, 1.54) is 38.1 Å². The molecule has 0 aliphatic rings. The Morgan fingerprint density at radius 2 is 1.41 bits per heavy atom. The molecular weight excluding hydrogens is 401 g/mol. The predicted octanol–water partition coefficient (Wildman–Crippen LogP) is 5.51. The second-order valence-corrected chi connectivity index (χ2v) is 5.82. The summed E-state index contributed by atoms with van der Waals surface area (Å²) in [6.45, 7) is 2.71. The molecule has 0 spiro atoms. The fraction of sp³-hybridized carbons (Fsp3) is 0.118. The first kappa shape index (κ1) is 20.0. The molecule has 0 radical (unpaired) electrons. The van der Waals surface area contributed by atoms with Crippen LogP contribution >= 0.6 is 0 Å². The lowest BCUT2D eigenvalue weighted by atomic mass is 10.2. The monoisotopic (exact) mass is 411 g/mol. The molecule has 3 rings (SSSR count). The molecule has 29 heavy (non-hydrogen) atoms. The van der Waals surface area contributed by atoms with Gasteiger partial charge in [0.05, 0.1) is 22.0 Å². The van der Waals surface area contributed by atoms with Crippen LogP contribution in [-0.4, -0.2) is 14.7 Å². The topological polar surface area (TPSA) is 85.7 Å². The van der Waals surface area contributed by atoms with Gasteiger partial charge in [-0.05, 0) is 26.0 Å². The van der Waals surface area contributed by atoms with E-state index < -0.39 is 39.7 Å². The van der Waals surface area contributed by atoms with Gasteiger partial charge in [-0.15, -0.1) is 5.11 Å². The molecule has 7 nitrogen and oxygen atoms in total. The third-order valence-corrected chi connectivity index (χ3v) is 3.98. The third-order valence-electron chi connectivity index (χ3n) is 3.98. The average Bonchev–Trinajstić information content (AvgIpc) is 2.97. The Morgan fingerprint density at radius 1 is 0.897 bits per heavy atom. The van der Waals surface area contributed by atoms with Gasteiger partial charge in [0.1, 0.15) is 11.4 Å². The fourth-order valence-corrected chi connectivity index (χ4v) is 2.52. The number of azo groups is 1. The Morgan fingerprint density at radius 3 is 1.93 bits per heavy atom. The van der Waals surface area contributed by atoms with Gasteiger partial charge in [0.2, 0.25) is 5.82 Å². The van der Waals surface area contributed by atoms with Crippen molar-refractivity contribution in [3.8, 4) is 5.69 Å². The van der Waals surface area contributed by atoms with Gasteiger partial charge in [-0.3, -0.25) is 10.1 Å². The summed E-state index contributed by atoms with van der Waals surface area (Å²) >= 11 is 0. The Balaban J connectivity index is 2.05. The first-order valence-corrected chi connectivity index (χ1v) is 7.87. The van der Waals surface area contributed by atoms with Crippen molar-refractivity contribution >= 4 is 17.1 Å². The summed E-state index contributed by atoms with van der Waals surface area (Å²) < 4.78 is 68.9. The summed E-state index contributed by atoms with van der Waals surface area (Å²) in [4.78, 5) is 10.1. The highest BCUT2D eigenvalue weighted by atomic mass is 19.2. The SMILES string of the molecule is Cc1nn(-c2c(F)c(F)c(F)c(F)c2F)c(C)c1N=Nc1ccc([N+](=O)[O-])cc1. The molecule has 0 N–H and O–H groups in total. The molecule has 3 aromatic rings. The average molecular weight is 411 g/mol. The molecule has 0 atom stereocenters. The van der Waals surface area contributed by atoms with Crippen molar-refractivity contribution in [2.24, 2.45) is 10.2 Å². The van der Waals surface area contributed by atoms with E-state index in [2.05, 4.69) is 15.3 Å². The lowest BCUT2D eigenvalue weighted by molar-refractivity contribution is -0.384. The van der Waals surface area contributed by atoms with E-state index in [9.17, 15) is 32.1 Å². The maximum atomic E-state index is 14.1. The first-order chi connectivity index (χ1) is 13.6. The van der Waals surface area contributed by atoms with Crippen LogP contribution in [0.2, 0.25) is 0 Å². The number of halogens is 5. The normalized spacial score (nSPS) is 11.4. The van der Waals surface area contributed by atoms with Crippen LogP contribution in [0.4, 0.5) is 39.0 Å². The molecule has 0 fully saturated rings. The molecule has 0 saturated heterocycles. The first-order valence-electron chi connectivity index (χ1n) is 7.87. The van der Waals surface area contributed by atoms with Gasteiger partial charge in [0.15, 0.2) is 23.3 Å². The van der Waals surface area contributed by atoms with E-state index in [1.807, 2.05) is 0 Å². The Labute approximate surface area is 159 Å². The van der Waals surface area contributed by atoms with Crippen LogP contribution in [0.15, 0.2) is 34.5 Å². The van der Waals surface area contributed by atoms with Crippen LogP contribution in [0.5, 0.6) is 0 Å². The number of aryl methyl sites for hydroxylation is 1. The summed E-state index contributed by atoms with van der Waals surface area (Å²) in [5.74, 6) is -10.5. The maximum absolute atomic E-state index is 14.1. The Bertz CT molecular complexity index is 1130. The second kappa shape index (κ2) is 7.37. The van der Waals surface area contributed by atoms with E-state index >= 15 is 0 Å². The number of nitro benzene ring substituents is 1.